The molecule has 0 aliphatic carbocycles. The summed E-state index contributed by atoms with van der Waals surface area (Å²) in [6.45, 7) is 0.901. The Balaban J connectivity index is 2.60. The highest BCUT2D eigenvalue weighted by Gasteiger charge is 2.21. The number of hydrogen-bond acceptors (Lipinski definition) is 3. The molecule has 0 saturated carbocycles. The van der Waals surface area contributed by atoms with Crippen LogP contribution in [-0.2, 0) is 6.42 Å². The fourth-order valence-corrected chi connectivity index (χ4v) is 2.03. The van der Waals surface area contributed by atoms with Crippen LogP contribution in [0.1, 0.15) is 5.56 Å². The summed E-state index contributed by atoms with van der Waals surface area (Å²) in [4.78, 5) is 0. The van der Waals surface area contributed by atoms with Crippen LogP contribution in [0.4, 0.5) is 5.69 Å². The van der Waals surface area contributed by atoms with Crippen LogP contribution < -0.4 is 14.8 Å². The summed E-state index contributed by atoms with van der Waals surface area (Å²) in [5.41, 5.74) is 2.08. The maximum Gasteiger partial charge on any atom is 0.146 e. The van der Waals surface area contributed by atoms with Gasteiger partial charge >= 0.3 is 0 Å². The Bertz CT molecular complexity index is 366. The van der Waals surface area contributed by atoms with Crippen molar-refractivity contribution in [3.63, 3.8) is 0 Å². The van der Waals surface area contributed by atoms with Crippen molar-refractivity contribution in [1.29, 1.82) is 0 Å². The van der Waals surface area contributed by atoms with Gasteiger partial charge in [-0.1, -0.05) is 11.6 Å². The fraction of sp³-hybridized carbons (Fsp3) is 0.400. The third kappa shape index (κ3) is 1.28. The first-order chi connectivity index (χ1) is 6.77. The van der Waals surface area contributed by atoms with Gasteiger partial charge in [0.25, 0.3) is 0 Å². The van der Waals surface area contributed by atoms with Crippen LogP contribution in [0.2, 0.25) is 5.02 Å². The summed E-state index contributed by atoms with van der Waals surface area (Å²) in [6.07, 6.45) is 0.918. The van der Waals surface area contributed by atoms with Gasteiger partial charge in [-0.3, -0.25) is 0 Å². The van der Waals surface area contributed by atoms with E-state index < -0.39 is 0 Å². The molecule has 0 bridgehead atoms. The van der Waals surface area contributed by atoms with Crippen molar-refractivity contribution in [3.8, 4) is 11.5 Å². The van der Waals surface area contributed by atoms with Gasteiger partial charge in [0.15, 0.2) is 0 Å². The number of fused-ring (bicyclic) bond motifs is 1. The van der Waals surface area contributed by atoms with E-state index in [1.807, 2.05) is 0 Å². The molecule has 3 nitrogen and oxygen atoms in total. The number of halogens is 1. The van der Waals surface area contributed by atoms with Crippen LogP contribution in [0.25, 0.3) is 0 Å². The molecule has 0 atom stereocenters. The lowest BCUT2D eigenvalue weighted by Crippen LogP contribution is -1.95. The molecule has 4 heteroatoms. The van der Waals surface area contributed by atoms with Gasteiger partial charge in [0, 0.05) is 18.2 Å². The molecular formula is C10H12ClNO2. The number of hydrogen-bond donors (Lipinski definition) is 1. The fourth-order valence-electron chi connectivity index (χ4n) is 1.71. The second-order valence-electron chi connectivity index (χ2n) is 3.13. The van der Waals surface area contributed by atoms with Gasteiger partial charge in [-0.15, -0.1) is 0 Å². The molecule has 76 valence electrons. The lowest BCUT2D eigenvalue weighted by molar-refractivity contribution is 0.395. The Morgan fingerprint density at radius 1 is 1.29 bits per heavy atom. The first-order valence-electron chi connectivity index (χ1n) is 4.45. The van der Waals surface area contributed by atoms with E-state index in [9.17, 15) is 0 Å². The molecule has 1 N–H and O–H groups in total. The molecule has 2 rings (SSSR count). The van der Waals surface area contributed by atoms with Crippen LogP contribution in [0.5, 0.6) is 11.5 Å². The quantitative estimate of drug-likeness (QED) is 0.818. The molecule has 0 unspecified atom stereocenters. The molecule has 1 aliphatic heterocycles. The van der Waals surface area contributed by atoms with Crippen molar-refractivity contribution >= 4 is 17.3 Å². The predicted octanol–water partition coefficient (Wildman–Crippen LogP) is 2.33. The van der Waals surface area contributed by atoms with Crippen LogP contribution in [-0.4, -0.2) is 20.8 Å². The van der Waals surface area contributed by atoms with Gasteiger partial charge in [0.2, 0.25) is 0 Å². The van der Waals surface area contributed by atoms with Gasteiger partial charge in [-0.05, 0) is 6.42 Å². The van der Waals surface area contributed by atoms with Crippen LogP contribution in [0.3, 0.4) is 0 Å². The predicted molar refractivity (Wildman–Crippen MR) is 56.7 cm³/mol. The minimum absolute atomic E-state index is 0.672. The number of nitrogens with one attached hydrogen (secondary N) is 1. The van der Waals surface area contributed by atoms with E-state index in [1.54, 1.807) is 20.3 Å². The van der Waals surface area contributed by atoms with Crippen molar-refractivity contribution in [3.05, 3.63) is 16.7 Å². The number of rotatable bonds is 2. The number of ether oxygens (including phenoxy) is 2. The Morgan fingerprint density at radius 2 is 2.00 bits per heavy atom. The molecule has 1 aromatic carbocycles. The zero-order chi connectivity index (χ0) is 10.1. The summed E-state index contributed by atoms with van der Waals surface area (Å²) in [5, 5.41) is 3.94. The average Bonchev–Trinajstić information content (AvgIpc) is 2.68. The Hall–Kier alpha value is -1.09. The summed E-state index contributed by atoms with van der Waals surface area (Å²) in [5.74, 6) is 1.46. The standard InChI is InChI=1S/C10H12ClNO2/c1-13-7-5-8(14-2)10-6(9(7)11)3-4-12-10/h5,12H,3-4H2,1-2H3. The molecular weight excluding hydrogens is 202 g/mol. The average molecular weight is 214 g/mol. The first kappa shape index (κ1) is 9.46. The molecule has 0 amide bonds. The van der Waals surface area contributed by atoms with Gasteiger partial charge in [0.05, 0.1) is 24.9 Å². The maximum atomic E-state index is 6.16. The van der Waals surface area contributed by atoms with E-state index in [-0.39, 0.29) is 0 Å². The molecule has 14 heavy (non-hydrogen) atoms. The SMILES string of the molecule is COc1cc(OC)c2c(c1Cl)CCN2. The number of methoxy groups -OCH3 is 2. The van der Waals surface area contributed by atoms with E-state index >= 15 is 0 Å². The molecule has 1 heterocycles. The lowest BCUT2D eigenvalue weighted by atomic mass is 10.1. The van der Waals surface area contributed by atoms with Gasteiger partial charge in [0.1, 0.15) is 11.5 Å². The Labute approximate surface area is 88.0 Å². The van der Waals surface area contributed by atoms with E-state index in [4.69, 9.17) is 21.1 Å². The number of anilines is 1. The second kappa shape index (κ2) is 3.58. The lowest BCUT2D eigenvalue weighted by Gasteiger charge is -2.12. The van der Waals surface area contributed by atoms with Crippen LogP contribution >= 0.6 is 11.6 Å². The molecule has 0 radical (unpaired) electrons. The highest BCUT2D eigenvalue weighted by atomic mass is 35.5. The summed E-state index contributed by atoms with van der Waals surface area (Å²) < 4.78 is 10.4. The zero-order valence-electron chi connectivity index (χ0n) is 8.19. The third-order valence-corrected chi connectivity index (χ3v) is 2.82. The van der Waals surface area contributed by atoms with Gasteiger partial charge < -0.3 is 14.8 Å². The highest BCUT2D eigenvalue weighted by Crippen LogP contribution is 2.43. The molecule has 0 fully saturated rings. The van der Waals surface area contributed by atoms with E-state index in [0.717, 1.165) is 30.0 Å². The van der Waals surface area contributed by atoms with E-state index in [2.05, 4.69) is 5.32 Å². The molecule has 1 aliphatic rings. The molecule has 1 aromatic rings. The normalized spacial score (nSPS) is 13.4. The molecule has 0 aromatic heterocycles. The third-order valence-electron chi connectivity index (χ3n) is 2.41. The Morgan fingerprint density at radius 3 is 2.64 bits per heavy atom. The van der Waals surface area contributed by atoms with Crippen molar-refractivity contribution in [2.24, 2.45) is 0 Å². The minimum atomic E-state index is 0.672. The number of benzene rings is 1. The van der Waals surface area contributed by atoms with Gasteiger partial charge in [-0.25, -0.2) is 0 Å². The highest BCUT2D eigenvalue weighted by molar-refractivity contribution is 6.33. The first-order valence-corrected chi connectivity index (χ1v) is 4.83. The molecule has 0 spiro atoms. The van der Waals surface area contributed by atoms with Crippen LogP contribution in [0, 0.1) is 0 Å². The van der Waals surface area contributed by atoms with E-state index in [0.29, 0.717) is 10.8 Å². The zero-order valence-corrected chi connectivity index (χ0v) is 8.94. The smallest absolute Gasteiger partial charge is 0.146 e. The summed E-state index contributed by atoms with van der Waals surface area (Å²) in [6, 6.07) is 1.81. The molecule has 0 saturated heterocycles. The largest absolute Gasteiger partial charge is 0.495 e. The summed E-state index contributed by atoms with van der Waals surface area (Å²) >= 11 is 6.16. The second-order valence-corrected chi connectivity index (χ2v) is 3.50. The van der Waals surface area contributed by atoms with Crippen molar-refractivity contribution < 1.29 is 9.47 Å². The topological polar surface area (TPSA) is 30.5 Å². The van der Waals surface area contributed by atoms with Crippen LogP contribution in [0.15, 0.2) is 6.07 Å². The minimum Gasteiger partial charge on any atom is -0.495 e. The van der Waals surface area contributed by atoms with Crippen molar-refractivity contribution in [2.75, 3.05) is 26.1 Å². The monoisotopic (exact) mass is 213 g/mol. The van der Waals surface area contributed by atoms with Crippen molar-refractivity contribution in [1.82, 2.24) is 0 Å². The van der Waals surface area contributed by atoms with Crippen molar-refractivity contribution in [2.45, 2.75) is 6.42 Å². The van der Waals surface area contributed by atoms with E-state index in [1.165, 1.54) is 0 Å². The summed E-state index contributed by atoms with van der Waals surface area (Å²) in [7, 11) is 3.25. The Kier molecular flexibility index (Phi) is 2.42. The van der Waals surface area contributed by atoms with Gasteiger partial charge in [-0.2, -0.15) is 0 Å². The maximum absolute atomic E-state index is 6.16.